The van der Waals surface area contributed by atoms with E-state index in [1.54, 1.807) is 0 Å². The lowest BCUT2D eigenvalue weighted by molar-refractivity contribution is 0.264. The zero-order chi connectivity index (χ0) is 17.3. The van der Waals surface area contributed by atoms with Gasteiger partial charge in [0.25, 0.3) is 0 Å². The Balaban J connectivity index is 1.93. The minimum atomic E-state index is -1.66. The van der Waals surface area contributed by atoms with E-state index in [4.69, 9.17) is 4.43 Å². The van der Waals surface area contributed by atoms with Gasteiger partial charge < -0.3 is 9.74 Å². The molecule has 2 aromatic rings. The van der Waals surface area contributed by atoms with Crippen molar-refractivity contribution in [3.63, 3.8) is 0 Å². The van der Waals surface area contributed by atoms with Crippen molar-refractivity contribution in [2.24, 2.45) is 0 Å². The van der Waals surface area contributed by atoms with Gasteiger partial charge in [0.1, 0.15) is 0 Å². The smallest absolute Gasteiger partial charge is 0.192 e. The van der Waals surface area contributed by atoms with Gasteiger partial charge in [0.2, 0.25) is 0 Å². The molecule has 0 fully saturated rings. The topological polar surface area (TPSA) is 38.6 Å². The van der Waals surface area contributed by atoms with E-state index in [1.807, 2.05) is 16.8 Å². The number of aromatic nitrogens is 2. The second kappa shape index (κ2) is 6.38. The number of hydrogen-bond donors (Lipinski definition) is 1. The fourth-order valence-electron chi connectivity index (χ4n) is 2.27. The molecular formula is C18H31N3OSi. The van der Waals surface area contributed by atoms with Crippen molar-refractivity contribution in [1.29, 1.82) is 0 Å². The van der Waals surface area contributed by atoms with Crippen molar-refractivity contribution >= 4 is 13.8 Å². The average Bonchev–Trinajstić information content (AvgIpc) is 2.89. The van der Waals surface area contributed by atoms with E-state index < -0.39 is 8.32 Å². The van der Waals surface area contributed by atoms with Gasteiger partial charge in [-0.05, 0) is 49.7 Å². The Labute approximate surface area is 141 Å². The largest absolute Gasteiger partial charge is 0.416 e. The zero-order valence-electron chi connectivity index (χ0n) is 15.6. The van der Waals surface area contributed by atoms with Crippen LogP contribution >= 0.6 is 0 Å². The molecule has 1 N–H and O–H groups in total. The summed E-state index contributed by atoms with van der Waals surface area (Å²) in [6.07, 6.45) is 3.92. The van der Waals surface area contributed by atoms with E-state index >= 15 is 0 Å². The van der Waals surface area contributed by atoms with E-state index in [0.29, 0.717) is 0 Å². The third-order valence-electron chi connectivity index (χ3n) is 5.06. The summed E-state index contributed by atoms with van der Waals surface area (Å²) in [5, 5.41) is 8.19. The number of fused-ring (bicyclic) bond motifs is 1. The summed E-state index contributed by atoms with van der Waals surface area (Å²) in [6.45, 7) is 17.4. The van der Waals surface area contributed by atoms with Crippen LogP contribution in [0, 0.1) is 0 Å². The lowest BCUT2D eigenvalue weighted by Crippen LogP contribution is -2.44. The van der Waals surface area contributed by atoms with Crippen molar-refractivity contribution < 1.29 is 4.43 Å². The highest BCUT2D eigenvalue weighted by atomic mass is 28.4. The van der Waals surface area contributed by atoms with E-state index in [9.17, 15) is 0 Å². The van der Waals surface area contributed by atoms with Gasteiger partial charge in [-0.25, -0.2) is 4.52 Å². The quantitative estimate of drug-likeness (QED) is 0.636. The molecule has 0 spiro atoms. The van der Waals surface area contributed by atoms with E-state index in [0.717, 1.165) is 18.7 Å². The van der Waals surface area contributed by atoms with Crippen LogP contribution in [0.15, 0.2) is 30.6 Å². The maximum absolute atomic E-state index is 6.24. The van der Waals surface area contributed by atoms with E-state index in [-0.39, 0.29) is 10.6 Å². The molecule has 0 aliphatic carbocycles. The first kappa shape index (κ1) is 18.2. The minimum Gasteiger partial charge on any atom is -0.416 e. The van der Waals surface area contributed by atoms with Gasteiger partial charge in [-0.1, -0.05) is 26.8 Å². The molecule has 0 radical (unpaired) electrons. The summed E-state index contributed by atoms with van der Waals surface area (Å²) in [7, 11) is -1.66. The van der Waals surface area contributed by atoms with Crippen LogP contribution in [0.2, 0.25) is 18.1 Å². The maximum Gasteiger partial charge on any atom is 0.192 e. The van der Waals surface area contributed by atoms with Gasteiger partial charge in [0.05, 0.1) is 5.52 Å². The Morgan fingerprint density at radius 3 is 2.48 bits per heavy atom. The third kappa shape index (κ3) is 4.22. The number of nitrogens with one attached hydrogen (secondary N) is 1. The second-order valence-electron chi connectivity index (χ2n) is 8.28. The van der Waals surface area contributed by atoms with Crippen molar-refractivity contribution in [3.8, 4) is 0 Å². The number of hydrogen-bond acceptors (Lipinski definition) is 3. The fraction of sp³-hybridized carbons (Fsp3) is 0.611. The van der Waals surface area contributed by atoms with E-state index in [2.05, 4.69) is 76.5 Å². The van der Waals surface area contributed by atoms with Crippen LogP contribution < -0.4 is 5.32 Å². The fourth-order valence-corrected chi connectivity index (χ4v) is 3.32. The molecule has 2 rings (SSSR count). The molecule has 0 aliphatic heterocycles. The van der Waals surface area contributed by atoms with Crippen LogP contribution in [-0.2, 0) is 9.96 Å². The SMILES string of the molecule is CC(C)(NCCO[Si](C)(C)C(C)(C)C)c1ccc2ccnn2c1. The highest BCUT2D eigenvalue weighted by Gasteiger charge is 2.37. The van der Waals surface area contributed by atoms with Gasteiger partial charge in [0.15, 0.2) is 8.32 Å². The molecule has 5 heteroatoms. The summed E-state index contributed by atoms with van der Waals surface area (Å²) >= 11 is 0. The Bertz CT molecular complexity index is 656. The first-order valence-corrected chi connectivity index (χ1v) is 11.3. The summed E-state index contributed by atoms with van der Waals surface area (Å²) in [5.41, 5.74) is 2.23. The number of rotatable bonds is 6. The first-order chi connectivity index (χ1) is 10.5. The molecule has 4 nitrogen and oxygen atoms in total. The first-order valence-electron chi connectivity index (χ1n) is 8.36. The summed E-state index contributed by atoms with van der Waals surface area (Å²) in [6, 6.07) is 6.29. The van der Waals surface area contributed by atoms with Gasteiger partial charge in [-0.15, -0.1) is 0 Å². The van der Waals surface area contributed by atoms with Gasteiger partial charge in [-0.3, -0.25) is 0 Å². The molecule has 0 saturated heterocycles. The molecule has 0 unspecified atom stereocenters. The number of pyridine rings is 1. The van der Waals surface area contributed by atoms with Crippen molar-refractivity contribution in [3.05, 3.63) is 36.2 Å². The van der Waals surface area contributed by atoms with Crippen LogP contribution in [0.5, 0.6) is 0 Å². The Hall–Kier alpha value is -1.17. The maximum atomic E-state index is 6.24. The van der Waals surface area contributed by atoms with Crippen LogP contribution in [0.3, 0.4) is 0 Å². The highest BCUT2D eigenvalue weighted by molar-refractivity contribution is 6.74. The van der Waals surface area contributed by atoms with Crippen LogP contribution in [0.4, 0.5) is 0 Å². The predicted molar refractivity (Wildman–Crippen MR) is 99.4 cm³/mol. The molecule has 2 aromatic heterocycles. The molecule has 0 atom stereocenters. The Kier molecular flexibility index (Phi) is 5.04. The van der Waals surface area contributed by atoms with Crippen LogP contribution in [-0.4, -0.2) is 31.1 Å². The second-order valence-corrected chi connectivity index (χ2v) is 13.1. The van der Waals surface area contributed by atoms with Gasteiger partial charge >= 0.3 is 0 Å². The lowest BCUT2D eigenvalue weighted by atomic mass is 9.96. The van der Waals surface area contributed by atoms with Crippen molar-refractivity contribution in [1.82, 2.24) is 14.9 Å². The predicted octanol–water partition coefficient (Wildman–Crippen LogP) is 4.18. The molecule has 0 saturated carbocycles. The molecule has 2 heterocycles. The summed E-state index contributed by atoms with van der Waals surface area (Å²) in [4.78, 5) is 0. The van der Waals surface area contributed by atoms with Crippen LogP contribution in [0.1, 0.15) is 40.2 Å². The summed E-state index contributed by atoms with van der Waals surface area (Å²) in [5.74, 6) is 0. The zero-order valence-corrected chi connectivity index (χ0v) is 16.6. The molecule has 0 aromatic carbocycles. The highest BCUT2D eigenvalue weighted by Crippen LogP contribution is 2.36. The summed E-state index contributed by atoms with van der Waals surface area (Å²) < 4.78 is 8.16. The molecule has 0 aliphatic rings. The van der Waals surface area contributed by atoms with E-state index in [1.165, 1.54) is 5.56 Å². The standard InChI is InChI=1S/C18H31N3OSi/c1-17(2,3)23(6,7)22-13-12-19-18(4,5)15-8-9-16-10-11-20-21(16)14-15/h8-11,14,19H,12-13H2,1-7H3. The number of nitrogens with zero attached hydrogens (tertiary/aromatic N) is 2. The monoisotopic (exact) mass is 333 g/mol. The van der Waals surface area contributed by atoms with Gasteiger partial charge in [-0.2, -0.15) is 5.10 Å². The molecule has 23 heavy (non-hydrogen) atoms. The Morgan fingerprint density at radius 1 is 1.13 bits per heavy atom. The molecular weight excluding hydrogens is 302 g/mol. The van der Waals surface area contributed by atoms with Crippen LogP contribution in [0.25, 0.3) is 5.52 Å². The minimum absolute atomic E-state index is 0.114. The van der Waals surface area contributed by atoms with Crippen molar-refractivity contribution in [2.45, 2.75) is 58.3 Å². The normalized spacial score (nSPS) is 13.7. The Morgan fingerprint density at radius 2 is 1.83 bits per heavy atom. The average molecular weight is 334 g/mol. The third-order valence-corrected chi connectivity index (χ3v) is 9.59. The lowest BCUT2D eigenvalue weighted by Gasteiger charge is -2.36. The molecule has 128 valence electrons. The van der Waals surface area contributed by atoms with Gasteiger partial charge in [0, 0.05) is 31.1 Å². The van der Waals surface area contributed by atoms with Crippen molar-refractivity contribution in [2.75, 3.05) is 13.2 Å². The molecule has 0 amide bonds. The molecule has 0 bridgehead atoms.